The van der Waals surface area contributed by atoms with Crippen molar-refractivity contribution in [2.75, 3.05) is 0 Å². The van der Waals surface area contributed by atoms with Gasteiger partial charge in [0.25, 0.3) is 5.91 Å². The minimum absolute atomic E-state index is 0.338. The number of aromatic nitrogens is 1. The van der Waals surface area contributed by atoms with Gasteiger partial charge in [0, 0.05) is 0 Å². The second-order valence-electron chi connectivity index (χ2n) is 2.98. The Labute approximate surface area is 105 Å². The summed E-state index contributed by atoms with van der Waals surface area (Å²) < 4.78 is 0.657. The van der Waals surface area contributed by atoms with Crippen LogP contribution in [0.25, 0.3) is 10.4 Å². The maximum atomic E-state index is 11.5. The highest BCUT2D eigenvalue weighted by Gasteiger charge is 2.17. The predicted molar refractivity (Wildman–Crippen MR) is 66.9 cm³/mol. The molecule has 0 aliphatic carbocycles. The normalized spacial score (nSPS) is 10.1. The SMILES string of the molecule is NNC(=O)c1nc(Br)sc1-c1ccccc1. The van der Waals surface area contributed by atoms with E-state index in [9.17, 15) is 4.79 Å². The Hall–Kier alpha value is -1.24. The largest absolute Gasteiger partial charge is 0.289 e. The molecule has 0 radical (unpaired) electrons. The van der Waals surface area contributed by atoms with Gasteiger partial charge in [0.1, 0.15) is 5.69 Å². The number of halogens is 1. The second kappa shape index (κ2) is 4.73. The summed E-state index contributed by atoms with van der Waals surface area (Å²) >= 11 is 4.66. The van der Waals surface area contributed by atoms with E-state index in [1.165, 1.54) is 11.3 Å². The molecule has 0 fully saturated rings. The van der Waals surface area contributed by atoms with Gasteiger partial charge in [-0.25, -0.2) is 10.8 Å². The van der Waals surface area contributed by atoms with E-state index < -0.39 is 0 Å². The van der Waals surface area contributed by atoms with E-state index in [0.717, 1.165) is 10.4 Å². The monoisotopic (exact) mass is 297 g/mol. The summed E-state index contributed by atoms with van der Waals surface area (Å²) in [7, 11) is 0. The highest BCUT2D eigenvalue weighted by atomic mass is 79.9. The highest BCUT2D eigenvalue weighted by molar-refractivity contribution is 9.11. The van der Waals surface area contributed by atoms with Crippen LogP contribution in [0.1, 0.15) is 10.5 Å². The van der Waals surface area contributed by atoms with Crippen molar-refractivity contribution in [2.45, 2.75) is 0 Å². The second-order valence-corrected chi connectivity index (χ2v) is 5.26. The van der Waals surface area contributed by atoms with Crippen LogP contribution in [-0.2, 0) is 0 Å². The molecule has 1 heterocycles. The Morgan fingerprint density at radius 3 is 2.69 bits per heavy atom. The van der Waals surface area contributed by atoms with Gasteiger partial charge in [0.05, 0.1) is 4.88 Å². The van der Waals surface area contributed by atoms with E-state index in [0.29, 0.717) is 9.61 Å². The smallest absolute Gasteiger partial charge is 0.285 e. The Morgan fingerprint density at radius 2 is 2.06 bits per heavy atom. The van der Waals surface area contributed by atoms with E-state index in [4.69, 9.17) is 5.84 Å². The van der Waals surface area contributed by atoms with Gasteiger partial charge in [-0.1, -0.05) is 30.3 Å². The Kier molecular flexibility index (Phi) is 3.33. The molecule has 82 valence electrons. The molecule has 1 aromatic carbocycles. The van der Waals surface area contributed by atoms with Crippen molar-refractivity contribution in [3.05, 3.63) is 39.9 Å². The van der Waals surface area contributed by atoms with Crippen LogP contribution in [-0.4, -0.2) is 10.9 Å². The molecule has 0 atom stereocenters. The van der Waals surface area contributed by atoms with Crippen LogP contribution in [0, 0.1) is 0 Å². The molecule has 0 aliphatic heterocycles. The van der Waals surface area contributed by atoms with Gasteiger partial charge < -0.3 is 0 Å². The number of amides is 1. The zero-order chi connectivity index (χ0) is 11.5. The fourth-order valence-electron chi connectivity index (χ4n) is 1.30. The van der Waals surface area contributed by atoms with Crippen molar-refractivity contribution < 1.29 is 4.79 Å². The quantitative estimate of drug-likeness (QED) is 0.507. The number of hydrogen-bond acceptors (Lipinski definition) is 4. The summed E-state index contributed by atoms with van der Waals surface area (Å²) in [6.07, 6.45) is 0. The Morgan fingerprint density at radius 1 is 1.38 bits per heavy atom. The predicted octanol–water partition coefficient (Wildman–Crippen LogP) is 2.18. The average molecular weight is 298 g/mol. The van der Waals surface area contributed by atoms with Gasteiger partial charge in [-0.3, -0.25) is 10.2 Å². The molecule has 1 amide bonds. The highest BCUT2D eigenvalue weighted by Crippen LogP contribution is 2.32. The summed E-state index contributed by atoms with van der Waals surface area (Å²) in [5, 5.41) is 0. The first-order valence-electron chi connectivity index (χ1n) is 4.45. The molecule has 6 heteroatoms. The number of thiazole rings is 1. The first kappa shape index (κ1) is 11.3. The van der Waals surface area contributed by atoms with Crippen LogP contribution in [0.3, 0.4) is 0 Å². The van der Waals surface area contributed by atoms with Crippen molar-refractivity contribution in [3.8, 4) is 10.4 Å². The minimum atomic E-state index is -0.388. The number of nitrogens with one attached hydrogen (secondary N) is 1. The molecule has 2 rings (SSSR count). The number of hydrazine groups is 1. The number of hydrogen-bond donors (Lipinski definition) is 2. The van der Waals surface area contributed by atoms with Crippen LogP contribution in [0.5, 0.6) is 0 Å². The van der Waals surface area contributed by atoms with Crippen LogP contribution in [0.4, 0.5) is 0 Å². The maximum Gasteiger partial charge on any atom is 0.285 e. The number of nitrogen functional groups attached to an aromatic ring is 1. The molecule has 1 aromatic heterocycles. The summed E-state index contributed by atoms with van der Waals surface area (Å²) in [6, 6.07) is 9.59. The molecule has 0 aliphatic rings. The number of carbonyl (C=O) groups excluding carboxylic acids is 1. The van der Waals surface area contributed by atoms with Crippen molar-refractivity contribution in [1.29, 1.82) is 0 Å². The summed E-state index contributed by atoms with van der Waals surface area (Å²) in [5.74, 6) is 4.72. The maximum absolute atomic E-state index is 11.5. The Bertz CT molecular complexity index is 512. The zero-order valence-corrected chi connectivity index (χ0v) is 10.5. The van der Waals surface area contributed by atoms with Crippen LogP contribution in [0.2, 0.25) is 0 Å². The number of nitrogens with zero attached hydrogens (tertiary/aromatic N) is 1. The third-order valence-electron chi connectivity index (χ3n) is 1.98. The molecule has 16 heavy (non-hydrogen) atoms. The lowest BCUT2D eigenvalue weighted by Crippen LogP contribution is -2.30. The lowest BCUT2D eigenvalue weighted by molar-refractivity contribution is 0.0950. The summed E-state index contributed by atoms with van der Waals surface area (Å²) in [6.45, 7) is 0. The number of rotatable bonds is 2. The van der Waals surface area contributed by atoms with Crippen LogP contribution >= 0.6 is 27.3 Å². The first-order valence-corrected chi connectivity index (χ1v) is 6.06. The fraction of sp³-hybridized carbons (Fsp3) is 0. The van der Waals surface area contributed by atoms with Crippen molar-refractivity contribution in [1.82, 2.24) is 10.4 Å². The number of nitrogens with two attached hydrogens (primary N) is 1. The molecule has 0 spiro atoms. The number of carbonyl (C=O) groups is 1. The minimum Gasteiger partial charge on any atom is -0.289 e. The molecule has 0 saturated carbocycles. The standard InChI is InChI=1S/C10H8BrN3OS/c11-10-13-7(9(15)14-12)8(16-10)6-4-2-1-3-5-6/h1-5H,12H2,(H,14,15). The molecule has 0 bridgehead atoms. The zero-order valence-electron chi connectivity index (χ0n) is 8.11. The van der Waals surface area contributed by atoms with Gasteiger partial charge in [0.2, 0.25) is 0 Å². The molecule has 0 unspecified atom stereocenters. The fourth-order valence-corrected chi connectivity index (χ4v) is 2.76. The van der Waals surface area contributed by atoms with E-state index >= 15 is 0 Å². The van der Waals surface area contributed by atoms with Crippen LogP contribution < -0.4 is 11.3 Å². The molecule has 2 aromatic rings. The van der Waals surface area contributed by atoms with Gasteiger partial charge in [0.15, 0.2) is 3.92 Å². The summed E-state index contributed by atoms with van der Waals surface area (Å²) in [4.78, 5) is 16.4. The van der Waals surface area contributed by atoms with Crippen molar-refractivity contribution >= 4 is 33.2 Å². The molecule has 4 nitrogen and oxygen atoms in total. The Balaban J connectivity index is 2.53. The first-order chi connectivity index (χ1) is 7.72. The van der Waals surface area contributed by atoms with E-state index in [2.05, 4.69) is 26.3 Å². The van der Waals surface area contributed by atoms with Crippen LogP contribution in [0.15, 0.2) is 34.2 Å². The van der Waals surface area contributed by atoms with Gasteiger partial charge in [-0.2, -0.15) is 0 Å². The van der Waals surface area contributed by atoms with E-state index in [-0.39, 0.29) is 5.91 Å². The topological polar surface area (TPSA) is 68.0 Å². The summed E-state index contributed by atoms with van der Waals surface area (Å²) in [5.41, 5.74) is 3.38. The lowest BCUT2D eigenvalue weighted by atomic mass is 10.1. The van der Waals surface area contributed by atoms with E-state index in [1.54, 1.807) is 0 Å². The van der Waals surface area contributed by atoms with Gasteiger partial charge in [-0.15, -0.1) is 11.3 Å². The lowest BCUT2D eigenvalue weighted by Gasteiger charge is -2.00. The number of benzene rings is 1. The molecular formula is C10H8BrN3OS. The van der Waals surface area contributed by atoms with Crippen molar-refractivity contribution in [3.63, 3.8) is 0 Å². The molecule has 0 saturated heterocycles. The van der Waals surface area contributed by atoms with Crippen molar-refractivity contribution in [2.24, 2.45) is 5.84 Å². The average Bonchev–Trinajstić information content (AvgIpc) is 2.71. The van der Waals surface area contributed by atoms with E-state index in [1.807, 2.05) is 30.3 Å². The third-order valence-corrected chi connectivity index (χ3v) is 3.54. The van der Waals surface area contributed by atoms with Gasteiger partial charge >= 0.3 is 0 Å². The van der Waals surface area contributed by atoms with Gasteiger partial charge in [-0.05, 0) is 21.5 Å². The molecule has 3 N–H and O–H groups in total. The molecular weight excluding hydrogens is 290 g/mol. The third kappa shape index (κ3) is 2.13.